The fourth-order valence-electron chi connectivity index (χ4n) is 14.0. The second-order valence-electron chi connectivity index (χ2n) is 31.4. The molecule has 12 heteroatoms. The van der Waals surface area contributed by atoms with E-state index in [9.17, 15) is 24.3 Å². The summed E-state index contributed by atoms with van der Waals surface area (Å²) in [4.78, 5) is 56.8. The van der Waals surface area contributed by atoms with E-state index in [4.69, 9.17) is 18.9 Å². The van der Waals surface area contributed by atoms with E-state index in [1.807, 2.05) is 0 Å². The highest BCUT2D eigenvalue weighted by Gasteiger charge is 2.17. The first-order valence-electron chi connectivity index (χ1n) is 45.4. The van der Waals surface area contributed by atoms with Crippen LogP contribution in [0.3, 0.4) is 0 Å². The molecule has 0 rings (SSSR count). The van der Waals surface area contributed by atoms with Gasteiger partial charge in [0.25, 0.3) is 0 Å². The summed E-state index contributed by atoms with van der Waals surface area (Å²) in [5.41, 5.74) is 0. The molecule has 0 radical (unpaired) electrons. The van der Waals surface area contributed by atoms with Gasteiger partial charge in [-0.15, -0.1) is 0 Å². The predicted molar refractivity (Wildman–Crippen MR) is 439 cm³/mol. The van der Waals surface area contributed by atoms with Crippen molar-refractivity contribution in [2.24, 2.45) is 0 Å². The molecular weight excluding hydrogens is 1270 g/mol. The summed E-state index contributed by atoms with van der Waals surface area (Å²) in [6.45, 7) is 22.2. The fraction of sp³-hybridized carbons (Fsp3) is 0.956. The van der Waals surface area contributed by atoms with Gasteiger partial charge in [0.1, 0.15) is 12.2 Å². The highest BCUT2D eigenvalue weighted by Crippen LogP contribution is 2.22. The van der Waals surface area contributed by atoms with Crippen LogP contribution in [0.25, 0.3) is 0 Å². The molecule has 0 saturated heterocycles. The maximum Gasteiger partial charge on any atom is 0.306 e. The molecule has 0 spiro atoms. The van der Waals surface area contributed by atoms with Gasteiger partial charge in [-0.2, -0.15) is 0 Å². The SMILES string of the molecule is CCCCCCCCCCCOC(=O)CCCCCN(CCO)CCCCCCCC(=O)OC(CCCCCCCC)CCCCCCCC.CCCCCCCCCOC(=O)CCCCCCCN(CCCCCCCC(=O)OC(CCCCCCCC)CCCCCCCC)CCN(C)C. The van der Waals surface area contributed by atoms with Crippen LogP contribution >= 0.6 is 0 Å². The van der Waals surface area contributed by atoms with Crippen molar-refractivity contribution in [2.75, 3.05) is 79.7 Å². The molecule has 0 aliphatic rings. The quantitative estimate of drug-likeness (QED) is 0.0353. The maximum atomic E-state index is 12.8. The van der Waals surface area contributed by atoms with Crippen molar-refractivity contribution in [3.05, 3.63) is 0 Å². The monoisotopic (exact) mass is 1450 g/mol. The number of ether oxygens (including phenoxy) is 4. The first kappa shape index (κ1) is 102. The van der Waals surface area contributed by atoms with E-state index in [2.05, 4.69) is 70.3 Å². The van der Waals surface area contributed by atoms with Crippen molar-refractivity contribution in [3.8, 4) is 0 Å². The summed E-state index contributed by atoms with van der Waals surface area (Å²) in [6.07, 6.45) is 77.6. The Morgan fingerprint density at radius 2 is 0.461 bits per heavy atom. The van der Waals surface area contributed by atoms with Crippen LogP contribution in [0.15, 0.2) is 0 Å². The zero-order valence-electron chi connectivity index (χ0n) is 69.9. The number of nitrogens with zero attached hydrogens (tertiary/aromatic N) is 3. The van der Waals surface area contributed by atoms with E-state index in [0.717, 1.165) is 148 Å². The van der Waals surface area contributed by atoms with Crippen molar-refractivity contribution >= 4 is 23.9 Å². The predicted octanol–water partition coefficient (Wildman–Crippen LogP) is 25.9. The first-order chi connectivity index (χ1) is 50.0. The van der Waals surface area contributed by atoms with Gasteiger partial charge in [-0.3, -0.25) is 19.2 Å². The standard InChI is InChI=1S/C46H92N2O4.C44H87NO5/c1-6-9-12-15-18-27-34-43-51-45(49)37-30-23-19-25-32-39-48(42-41-47(4)5)40-33-26-20-24-31-38-46(50)52-44(35-28-21-16-13-10-7-2)36-29-22-17-14-11-8-3;1-4-7-10-13-16-17-18-24-32-41-49-43(47)35-29-25-31-38-45(39-40-46)37-30-23-19-22-28-36-44(48)50-42(33-26-20-14-11-8-5-2)34-27-21-15-12-9-6-3/h44H,6-43H2,1-5H3;42,46H,4-41H2,1-3H3. The second kappa shape index (κ2) is 86.0. The molecule has 1 N–H and O–H groups in total. The average Bonchev–Trinajstić information content (AvgIpc) is 3.43. The highest BCUT2D eigenvalue weighted by atomic mass is 16.6. The lowest BCUT2D eigenvalue weighted by Crippen LogP contribution is -2.33. The van der Waals surface area contributed by atoms with Gasteiger partial charge >= 0.3 is 23.9 Å². The largest absolute Gasteiger partial charge is 0.466 e. The third-order valence-electron chi connectivity index (χ3n) is 20.8. The van der Waals surface area contributed by atoms with E-state index in [1.165, 1.54) is 289 Å². The number of hydrogen-bond donors (Lipinski definition) is 1. The van der Waals surface area contributed by atoms with E-state index in [0.29, 0.717) is 45.4 Å². The molecule has 0 bridgehead atoms. The number of unbranched alkanes of at least 4 members (excludes halogenated alkanes) is 48. The van der Waals surface area contributed by atoms with Crippen LogP contribution in [0, 0.1) is 0 Å². The highest BCUT2D eigenvalue weighted by molar-refractivity contribution is 5.70. The Morgan fingerprint density at radius 3 is 0.725 bits per heavy atom. The molecule has 0 amide bonds. The summed E-state index contributed by atoms with van der Waals surface area (Å²) < 4.78 is 22.9. The Balaban J connectivity index is 0. The number of aliphatic hydroxyl groups is 1. The first-order valence-corrected chi connectivity index (χ1v) is 45.4. The van der Waals surface area contributed by atoms with Gasteiger partial charge in [0.05, 0.1) is 19.8 Å². The maximum absolute atomic E-state index is 12.8. The minimum atomic E-state index is -0.0498. The molecule has 0 aromatic rings. The molecule has 0 aliphatic carbocycles. The third kappa shape index (κ3) is 81.8. The van der Waals surface area contributed by atoms with E-state index in [1.54, 1.807) is 0 Å². The van der Waals surface area contributed by atoms with Crippen molar-refractivity contribution < 1.29 is 43.2 Å². The minimum Gasteiger partial charge on any atom is -0.466 e. The molecule has 0 fully saturated rings. The van der Waals surface area contributed by atoms with E-state index >= 15 is 0 Å². The topological polar surface area (TPSA) is 135 Å². The molecule has 0 aliphatic heterocycles. The number of aliphatic hydroxyl groups excluding tert-OH is 1. The number of likely N-dealkylation sites (N-methyl/N-ethyl adjacent to an activating group) is 1. The van der Waals surface area contributed by atoms with Crippen molar-refractivity contribution in [1.29, 1.82) is 0 Å². The van der Waals surface area contributed by atoms with Crippen LogP contribution in [0.5, 0.6) is 0 Å². The smallest absolute Gasteiger partial charge is 0.306 e. The van der Waals surface area contributed by atoms with Crippen molar-refractivity contribution in [3.63, 3.8) is 0 Å². The Hall–Kier alpha value is -2.28. The van der Waals surface area contributed by atoms with Gasteiger partial charge in [0.2, 0.25) is 0 Å². The summed E-state index contributed by atoms with van der Waals surface area (Å²) in [5, 5.41) is 9.53. The number of rotatable bonds is 83. The molecule has 608 valence electrons. The van der Waals surface area contributed by atoms with Gasteiger partial charge in [0.15, 0.2) is 0 Å². The van der Waals surface area contributed by atoms with Crippen LogP contribution < -0.4 is 0 Å². The summed E-state index contributed by atoms with van der Waals surface area (Å²) in [5.74, 6) is -0.0121. The van der Waals surface area contributed by atoms with Crippen molar-refractivity contribution in [2.45, 2.75) is 478 Å². The Labute approximate surface area is 635 Å². The van der Waals surface area contributed by atoms with Crippen LogP contribution in [-0.2, 0) is 38.1 Å². The molecule has 0 heterocycles. The number of hydrogen-bond acceptors (Lipinski definition) is 12. The molecule has 0 atom stereocenters. The number of carbonyl (C=O) groups excluding carboxylic acids is 4. The van der Waals surface area contributed by atoms with Crippen LogP contribution in [0.4, 0.5) is 0 Å². The summed E-state index contributed by atoms with van der Waals surface area (Å²) in [7, 11) is 4.32. The number of carbonyl (C=O) groups is 4. The lowest BCUT2D eigenvalue weighted by molar-refractivity contribution is -0.151. The molecule has 12 nitrogen and oxygen atoms in total. The van der Waals surface area contributed by atoms with Gasteiger partial charge in [-0.25, -0.2) is 0 Å². The number of esters is 4. The molecule has 102 heavy (non-hydrogen) atoms. The molecule has 0 unspecified atom stereocenters. The minimum absolute atomic E-state index is 0.00739. The fourth-order valence-corrected chi connectivity index (χ4v) is 14.0. The van der Waals surface area contributed by atoms with Crippen LogP contribution in [0.1, 0.15) is 465 Å². The van der Waals surface area contributed by atoms with Crippen molar-refractivity contribution in [1.82, 2.24) is 14.7 Å². The molecule has 0 aromatic heterocycles. The zero-order chi connectivity index (χ0) is 74.8. The lowest BCUT2D eigenvalue weighted by atomic mass is 10.0. The van der Waals surface area contributed by atoms with Gasteiger partial charge in [0, 0.05) is 45.3 Å². The van der Waals surface area contributed by atoms with Crippen LogP contribution in [-0.4, -0.2) is 136 Å². The molecule has 0 saturated carbocycles. The third-order valence-corrected chi connectivity index (χ3v) is 20.8. The molecular formula is C90H179N3O9. The van der Waals surface area contributed by atoms with E-state index < -0.39 is 0 Å². The second-order valence-corrected chi connectivity index (χ2v) is 31.4. The lowest BCUT2D eigenvalue weighted by Gasteiger charge is -2.24. The Kier molecular flexibility index (Phi) is 85.8. The summed E-state index contributed by atoms with van der Waals surface area (Å²) in [6, 6.07) is 0. The molecule has 0 aromatic carbocycles. The average molecular weight is 1450 g/mol. The Morgan fingerprint density at radius 1 is 0.245 bits per heavy atom. The normalized spacial score (nSPS) is 11.6. The summed E-state index contributed by atoms with van der Waals surface area (Å²) >= 11 is 0. The van der Waals surface area contributed by atoms with Gasteiger partial charge in [-0.05, 0) is 156 Å². The van der Waals surface area contributed by atoms with E-state index in [-0.39, 0.29) is 42.7 Å². The zero-order valence-corrected chi connectivity index (χ0v) is 69.9. The van der Waals surface area contributed by atoms with Gasteiger partial charge in [-0.1, -0.05) is 324 Å². The van der Waals surface area contributed by atoms with Gasteiger partial charge < -0.3 is 38.8 Å². The Bertz CT molecular complexity index is 1650. The van der Waals surface area contributed by atoms with Crippen LogP contribution in [0.2, 0.25) is 0 Å².